The summed E-state index contributed by atoms with van der Waals surface area (Å²) < 4.78 is 13.5. The molecule has 1 atom stereocenters. The van der Waals surface area contributed by atoms with Crippen LogP contribution in [-0.2, 0) is 4.79 Å². The molecular formula is C12H15FN2O. The Balaban J connectivity index is 2.11. The summed E-state index contributed by atoms with van der Waals surface area (Å²) in [5, 5.41) is 3.02. The minimum atomic E-state index is -0.721. The first kappa shape index (κ1) is 11.1. The van der Waals surface area contributed by atoms with Crippen molar-refractivity contribution in [1.29, 1.82) is 0 Å². The highest BCUT2D eigenvalue weighted by molar-refractivity contribution is 5.81. The number of carbonyl (C=O) groups excluding carboxylic acids is 1. The topological polar surface area (TPSA) is 55.1 Å². The van der Waals surface area contributed by atoms with E-state index >= 15 is 0 Å². The number of carbonyl (C=O) groups is 1. The second-order valence-corrected chi connectivity index (χ2v) is 4.21. The second-order valence-electron chi connectivity index (χ2n) is 4.21. The number of halogens is 1. The molecule has 3 nitrogen and oxygen atoms in total. The number of nitrogens with two attached hydrogens (primary N) is 1. The molecule has 1 amide bonds. The van der Waals surface area contributed by atoms with Crippen LogP contribution >= 0.6 is 0 Å². The maximum absolute atomic E-state index is 13.5. The van der Waals surface area contributed by atoms with Crippen LogP contribution in [0.4, 0.5) is 4.39 Å². The fourth-order valence-corrected chi connectivity index (χ4v) is 1.68. The Hall–Kier alpha value is -1.42. The van der Waals surface area contributed by atoms with Crippen molar-refractivity contribution in [3.63, 3.8) is 0 Å². The van der Waals surface area contributed by atoms with Gasteiger partial charge in [-0.2, -0.15) is 0 Å². The Morgan fingerprint density at radius 2 is 2.19 bits per heavy atom. The van der Waals surface area contributed by atoms with Crippen molar-refractivity contribution in [3.05, 3.63) is 35.6 Å². The summed E-state index contributed by atoms with van der Waals surface area (Å²) in [6, 6.07) is 5.50. The first-order valence-corrected chi connectivity index (χ1v) is 5.45. The number of rotatable bonds is 5. The molecule has 2 rings (SSSR count). The van der Waals surface area contributed by atoms with Crippen LogP contribution in [0.5, 0.6) is 0 Å². The van der Waals surface area contributed by atoms with Crippen molar-refractivity contribution in [2.45, 2.75) is 18.9 Å². The fraction of sp³-hybridized carbons (Fsp3) is 0.417. The first-order valence-electron chi connectivity index (χ1n) is 5.45. The van der Waals surface area contributed by atoms with E-state index in [1.807, 2.05) is 0 Å². The molecule has 0 spiro atoms. The van der Waals surface area contributed by atoms with E-state index < -0.39 is 17.8 Å². The lowest BCUT2D eigenvalue weighted by molar-refractivity contribution is -0.120. The van der Waals surface area contributed by atoms with Crippen molar-refractivity contribution < 1.29 is 9.18 Å². The summed E-state index contributed by atoms with van der Waals surface area (Å²) in [5.74, 6) is -0.311. The predicted octanol–water partition coefficient (Wildman–Crippen LogP) is 1.35. The van der Waals surface area contributed by atoms with Crippen molar-refractivity contribution in [1.82, 2.24) is 5.32 Å². The van der Waals surface area contributed by atoms with E-state index in [0.29, 0.717) is 11.5 Å². The molecule has 1 aliphatic rings. The SMILES string of the molecule is NC(=O)C(NCC1CC1)c1ccccc1F. The third-order valence-electron chi connectivity index (χ3n) is 2.81. The summed E-state index contributed by atoms with van der Waals surface area (Å²) in [4.78, 5) is 11.3. The molecule has 4 heteroatoms. The maximum Gasteiger partial charge on any atom is 0.239 e. The standard InChI is InChI=1S/C12H15FN2O/c13-10-4-2-1-3-9(10)11(12(14)16)15-7-8-5-6-8/h1-4,8,11,15H,5-7H2,(H2,14,16). The fourth-order valence-electron chi connectivity index (χ4n) is 1.68. The van der Waals surface area contributed by atoms with Gasteiger partial charge in [-0.3, -0.25) is 4.79 Å². The van der Waals surface area contributed by atoms with Crippen LogP contribution < -0.4 is 11.1 Å². The number of primary amides is 1. The molecule has 0 saturated heterocycles. The highest BCUT2D eigenvalue weighted by Gasteiger charge is 2.26. The van der Waals surface area contributed by atoms with Gasteiger partial charge in [-0.1, -0.05) is 18.2 Å². The Bertz CT molecular complexity index is 390. The number of amides is 1. The van der Waals surface area contributed by atoms with Gasteiger partial charge in [0.05, 0.1) is 0 Å². The smallest absolute Gasteiger partial charge is 0.239 e. The van der Waals surface area contributed by atoms with Crippen LogP contribution in [0.25, 0.3) is 0 Å². The largest absolute Gasteiger partial charge is 0.368 e. The Labute approximate surface area is 93.8 Å². The zero-order chi connectivity index (χ0) is 11.5. The summed E-state index contributed by atoms with van der Waals surface area (Å²) in [5.41, 5.74) is 5.61. The second kappa shape index (κ2) is 4.61. The van der Waals surface area contributed by atoms with Gasteiger partial charge in [0.15, 0.2) is 0 Å². The lowest BCUT2D eigenvalue weighted by Gasteiger charge is -2.16. The van der Waals surface area contributed by atoms with E-state index in [1.165, 1.54) is 18.9 Å². The molecule has 3 N–H and O–H groups in total. The van der Waals surface area contributed by atoms with Crippen molar-refractivity contribution >= 4 is 5.91 Å². The van der Waals surface area contributed by atoms with Crippen molar-refractivity contribution in [2.24, 2.45) is 11.7 Å². The molecule has 86 valence electrons. The third-order valence-corrected chi connectivity index (χ3v) is 2.81. The summed E-state index contributed by atoms with van der Waals surface area (Å²) in [6.45, 7) is 0.724. The molecule has 1 fully saturated rings. The lowest BCUT2D eigenvalue weighted by atomic mass is 10.1. The summed E-state index contributed by atoms with van der Waals surface area (Å²) in [7, 11) is 0. The molecule has 1 saturated carbocycles. The Morgan fingerprint density at radius 3 is 2.75 bits per heavy atom. The Kier molecular flexibility index (Phi) is 3.19. The molecule has 16 heavy (non-hydrogen) atoms. The van der Waals surface area contributed by atoms with Crippen LogP contribution in [0.1, 0.15) is 24.4 Å². The molecule has 1 aromatic rings. The van der Waals surface area contributed by atoms with Gasteiger partial charge in [0.2, 0.25) is 5.91 Å². The van der Waals surface area contributed by atoms with Crippen molar-refractivity contribution in [3.8, 4) is 0 Å². The van der Waals surface area contributed by atoms with Crippen LogP contribution in [0, 0.1) is 11.7 Å². The number of nitrogens with one attached hydrogen (secondary N) is 1. The molecule has 0 heterocycles. The molecule has 1 unspecified atom stereocenters. The monoisotopic (exact) mass is 222 g/mol. The molecule has 0 aromatic heterocycles. The molecule has 1 aromatic carbocycles. The van der Waals surface area contributed by atoms with E-state index in [2.05, 4.69) is 5.32 Å². The quantitative estimate of drug-likeness (QED) is 0.790. The molecule has 0 bridgehead atoms. The van der Waals surface area contributed by atoms with E-state index in [4.69, 9.17) is 5.73 Å². The van der Waals surface area contributed by atoms with E-state index in [-0.39, 0.29) is 0 Å². The minimum absolute atomic E-state index is 0.329. The van der Waals surface area contributed by atoms with Crippen LogP contribution in [0.15, 0.2) is 24.3 Å². The average Bonchev–Trinajstić information content (AvgIpc) is 3.04. The van der Waals surface area contributed by atoms with Gasteiger partial charge >= 0.3 is 0 Å². The molecular weight excluding hydrogens is 207 g/mol. The lowest BCUT2D eigenvalue weighted by Crippen LogP contribution is -2.35. The van der Waals surface area contributed by atoms with Crippen LogP contribution in [-0.4, -0.2) is 12.5 Å². The number of benzene rings is 1. The average molecular weight is 222 g/mol. The molecule has 1 aliphatic carbocycles. The summed E-state index contributed by atoms with van der Waals surface area (Å²) >= 11 is 0. The first-order chi connectivity index (χ1) is 7.68. The van der Waals surface area contributed by atoms with Gasteiger partial charge in [-0.15, -0.1) is 0 Å². The highest BCUT2D eigenvalue weighted by Crippen LogP contribution is 2.28. The maximum atomic E-state index is 13.5. The van der Waals surface area contributed by atoms with Gasteiger partial charge in [-0.25, -0.2) is 4.39 Å². The van der Waals surface area contributed by atoms with E-state index in [1.54, 1.807) is 18.2 Å². The van der Waals surface area contributed by atoms with E-state index in [9.17, 15) is 9.18 Å². The van der Waals surface area contributed by atoms with Crippen molar-refractivity contribution in [2.75, 3.05) is 6.54 Å². The van der Waals surface area contributed by atoms with Crippen LogP contribution in [0.2, 0.25) is 0 Å². The van der Waals surface area contributed by atoms with Gasteiger partial charge in [-0.05, 0) is 31.4 Å². The third kappa shape index (κ3) is 2.58. The highest BCUT2D eigenvalue weighted by atomic mass is 19.1. The number of hydrogen-bond donors (Lipinski definition) is 2. The van der Waals surface area contributed by atoms with E-state index in [0.717, 1.165) is 6.54 Å². The predicted molar refractivity (Wildman–Crippen MR) is 59.1 cm³/mol. The summed E-state index contributed by atoms with van der Waals surface area (Å²) in [6.07, 6.45) is 2.35. The number of hydrogen-bond acceptors (Lipinski definition) is 2. The molecule has 0 aliphatic heterocycles. The molecule has 0 radical (unpaired) electrons. The van der Waals surface area contributed by atoms with Gasteiger partial charge in [0.25, 0.3) is 0 Å². The van der Waals surface area contributed by atoms with Crippen LogP contribution in [0.3, 0.4) is 0 Å². The zero-order valence-electron chi connectivity index (χ0n) is 8.95. The van der Waals surface area contributed by atoms with Gasteiger partial charge in [0, 0.05) is 5.56 Å². The zero-order valence-corrected chi connectivity index (χ0v) is 8.95. The van der Waals surface area contributed by atoms with Gasteiger partial charge in [0.1, 0.15) is 11.9 Å². The normalized spacial score (nSPS) is 17.1. The van der Waals surface area contributed by atoms with Gasteiger partial charge < -0.3 is 11.1 Å². The Morgan fingerprint density at radius 1 is 1.50 bits per heavy atom. The minimum Gasteiger partial charge on any atom is -0.368 e.